The van der Waals surface area contributed by atoms with Gasteiger partial charge < -0.3 is 15.2 Å². The summed E-state index contributed by atoms with van der Waals surface area (Å²) < 4.78 is 11.9. The number of nitrogens with two attached hydrogens (primary N) is 1. The summed E-state index contributed by atoms with van der Waals surface area (Å²) in [5.41, 5.74) is 7.17. The van der Waals surface area contributed by atoms with Crippen molar-refractivity contribution in [2.24, 2.45) is 28.4 Å². The average Bonchev–Trinajstić information content (AvgIpc) is 3.02. The standard InChI is InChI=1S/C21H41NO2/c1-7-16-13-23-14-17(16)10-20(5,6)11-18-12-21(22,15-24-18)9-8-19(2,3)4/h16-18H,7-15,22H2,1-6H3. The minimum atomic E-state index is -0.115. The third-order valence-electron chi connectivity index (χ3n) is 6.06. The minimum Gasteiger partial charge on any atom is -0.381 e. The number of ether oxygens (including phenoxy) is 2. The van der Waals surface area contributed by atoms with Gasteiger partial charge >= 0.3 is 0 Å². The Morgan fingerprint density at radius 1 is 1.04 bits per heavy atom. The Kier molecular flexibility index (Phi) is 6.42. The zero-order valence-corrected chi connectivity index (χ0v) is 17.0. The Morgan fingerprint density at radius 2 is 1.71 bits per heavy atom. The van der Waals surface area contributed by atoms with Crippen LogP contribution in [-0.2, 0) is 9.47 Å². The van der Waals surface area contributed by atoms with Crippen LogP contribution in [0.5, 0.6) is 0 Å². The molecule has 2 aliphatic rings. The van der Waals surface area contributed by atoms with Crippen molar-refractivity contribution in [2.75, 3.05) is 19.8 Å². The molecule has 0 spiro atoms. The summed E-state index contributed by atoms with van der Waals surface area (Å²) in [5, 5.41) is 0. The molecule has 2 fully saturated rings. The highest BCUT2D eigenvalue weighted by molar-refractivity contribution is 4.95. The highest BCUT2D eigenvalue weighted by Gasteiger charge is 2.40. The average molecular weight is 340 g/mol. The second kappa shape index (κ2) is 7.63. The van der Waals surface area contributed by atoms with E-state index in [1.165, 1.54) is 19.3 Å². The van der Waals surface area contributed by atoms with Crippen molar-refractivity contribution in [1.29, 1.82) is 0 Å². The summed E-state index contributed by atoms with van der Waals surface area (Å²) in [5.74, 6) is 1.46. The van der Waals surface area contributed by atoms with E-state index < -0.39 is 0 Å². The lowest BCUT2D eigenvalue weighted by atomic mass is 9.74. The summed E-state index contributed by atoms with van der Waals surface area (Å²) >= 11 is 0. The van der Waals surface area contributed by atoms with Crippen LogP contribution in [0, 0.1) is 22.7 Å². The second-order valence-electron chi connectivity index (χ2n) is 10.6. The summed E-state index contributed by atoms with van der Waals surface area (Å²) in [6.07, 6.45) is 7.18. The van der Waals surface area contributed by atoms with Crippen molar-refractivity contribution >= 4 is 0 Å². The molecule has 0 radical (unpaired) electrons. The van der Waals surface area contributed by atoms with E-state index in [1.54, 1.807) is 0 Å². The Morgan fingerprint density at radius 3 is 2.33 bits per heavy atom. The lowest BCUT2D eigenvalue weighted by molar-refractivity contribution is 0.0568. The molecule has 2 saturated heterocycles. The fraction of sp³-hybridized carbons (Fsp3) is 1.00. The maximum Gasteiger partial charge on any atom is 0.0650 e. The fourth-order valence-corrected chi connectivity index (χ4v) is 4.51. The molecule has 142 valence electrons. The quantitative estimate of drug-likeness (QED) is 0.726. The molecule has 2 aliphatic heterocycles. The van der Waals surface area contributed by atoms with Crippen LogP contribution in [-0.4, -0.2) is 31.5 Å². The zero-order valence-electron chi connectivity index (χ0n) is 17.0. The summed E-state index contributed by atoms with van der Waals surface area (Å²) in [7, 11) is 0. The van der Waals surface area contributed by atoms with Crippen molar-refractivity contribution in [3.8, 4) is 0 Å². The van der Waals surface area contributed by atoms with Gasteiger partial charge in [-0.25, -0.2) is 0 Å². The minimum absolute atomic E-state index is 0.115. The Bertz CT molecular complexity index is 401. The molecule has 0 amide bonds. The monoisotopic (exact) mass is 339 g/mol. The van der Waals surface area contributed by atoms with Crippen LogP contribution in [0.2, 0.25) is 0 Å². The van der Waals surface area contributed by atoms with Gasteiger partial charge in [0.1, 0.15) is 0 Å². The number of hydrogen-bond acceptors (Lipinski definition) is 3. The molecular weight excluding hydrogens is 298 g/mol. The maximum atomic E-state index is 6.64. The Balaban J connectivity index is 1.82. The topological polar surface area (TPSA) is 44.5 Å². The number of rotatable bonds is 7. The van der Waals surface area contributed by atoms with Gasteiger partial charge in [-0.15, -0.1) is 0 Å². The molecule has 0 bridgehead atoms. The van der Waals surface area contributed by atoms with E-state index in [0.717, 1.165) is 50.9 Å². The van der Waals surface area contributed by atoms with E-state index in [1.807, 2.05) is 0 Å². The van der Waals surface area contributed by atoms with Crippen molar-refractivity contribution < 1.29 is 9.47 Å². The van der Waals surface area contributed by atoms with E-state index in [-0.39, 0.29) is 5.54 Å². The number of hydrogen-bond donors (Lipinski definition) is 1. The lowest BCUT2D eigenvalue weighted by Crippen LogP contribution is -2.41. The van der Waals surface area contributed by atoms with Gasteiger partial charge in [0.05, 0.1) is 12.7 Å². The third kappa shape index (κ3) is 6.00. The Hall–Kier alpha value is -0.120. The molecule has 2 N–H and O–H groups in total. The van der Waals surface area contributed by atoms with E-state index >= 15 is 0 Å². The Labute approximate surface area is 150 Å². The normalized spacial score (nSPS) is 34.9. The molecule has 4 atom stereocenters. The first-order chi connectivity index (χ1) is 11.0. The van der Waals surface area contributed by atoms with E-state index in [9.17, 15) is 0 Å². The van der Waals surface area contributed by atoms with Gasteiger partial charge in [-0.05, 0) is 54.8 Å². The molecule has 3 heteroatoms. The van der Waals surface area contributed by atoms with Gasteiger partial charge in [0.2, 0.25) is 0 Å². The molecule has 24 heavy (non-hydrogen) atoms. The first-order valence-corrected chi connectivity index (χ1v) is 10.0. The predicted molar refractivity (Wildman–Crippen MR) is 101 cm³/mol. The first kappa shape index (κ1) is 20.2. The van der Waals surface area contributed by atoms with Crippen LogP contribution in [0.15, 0.2) is 0 Å². The molecule has 3 nitrogen and oxygen atoms in total. The smallest absolute Gasteiger partial charge is 0.0650 e. The van der Waals surface area contributed by atoms with Crippen LogP contribution in [0.1, 0.15) is 80.1 Å². The predicted octanol–water partition coefficient (Wildman–Crippen LogP) is 4.78. The van der Waals surface area contributed by atoms with Crippen LogP contribution >= 0.6 is 0 Å². The summed E-state index contributed by atoms with van der Waals surface area (Å²) in [6, 6.07) is 0. The zero-order chi connectivity index (χ0) is 18.0. The van der Waals surface area contributed by atoms with E-state index in [0.29, 0.717) is 16.9 Å². The van der Waals surface area contributed by atoms with Gasteiger partial charge in [-0.2, -0.15) is 0 Å². The maximum absolute atomic E-state index is 6.64. The van der Waals surface area contributed by atoms with Gasteiger partial charge in [0.25, 0.3) is 0 Å². The van der Waals surface area contributed by atoms with Crippen LogP contribution < -0.4 is 5.73 Å². The molecule has 0 aromatic carbocycles. The van der Waals surface area contributed by atoms with Gasteiger partial charge in [-0.3, -0.25) is 0 Å². The molecule has 2 rings (SSSR count). The molecule has 2 heterocycles. The summed E-state index contributed by atoms with van der Waals surface area (Å²) in [6.45, 7) is 16.6. The molecule has 0 aliphatic carbocycles. The SMILES string of the molecule is CCC1COCC1CC(C)(C)CC1CC(N)(CCC(C)(C)C)CO1. The van der Waals surface area contributed by atoms with Crippen LogP contribution in [0.4, 0.5) is 0 Å². The molecule has 0 aromatic heterocycles. The van der Waals surface area contributed by atoms with E-state index in [2.05, 4.69) is 41.5 Å². The fourth-order valence-electron chi connectivity index (χ4n) is 4.51. The first-order valence-electron chi connectivity index (χ1n) is 10.0. The van der Waals surface area contributed by atoms with Crippen molar-refractivity contribution in [1.82, 2.24) is 0 Å². The van der Waals surface area contributed by atoms with E-state index in [4.69, 9.17) is 15.2 Å². The molecule has 4 unspecified atom stereocenters. The van der Waals surface area contributed by atoms with Crippen LogP contribution in [0.25, 0.3) is 0 Å². The van der Waals surface area contributed by atoms with Gasteiger partial charge in [0, 0.05) is 18.8 Å². The largest absolute Gasteiger partial charge is 0.381 e. The molecular formula is C21H41NO2. The highest BCUT2D eigenvalue weighted by Crippen LogP contribution is 2.41. The lowest BCUT2D eigenvalue weighted by Gasteiger charge is -2.32. The van der Waals surface area contributed by atoms with Crippen molar-refractivity contribution in [2.45, 2.75) is 91.7 Å². The highest BCUT2D eigenvalue weighted by atomic mass is 16.5. The van der Waals surface area contributed by atoms with Gasteiger partial charge in [0.15, 0.2) is 0 Å². The molecule has 0 saturated carbocycles. The van der Waals surface area contributed by atoms with Gasteiger partial charge in [-0.1, -0.05) is 48.0 Å². The van der Waals surface area contributed by atoms with Crippen molar-refractivity contribution in [3.05, 3.63) is 0 Å². The van der Waals surface area contributed by atoms with Crippen LogP contribution in [0.3, 0.4) is 0 Å². The molecule has 0 aromatic rings. The summed E-state index contributed by atoms with van der Waals surface area (Å²) in [4.78, 5) is 0. The second-order valence-corrected chi connectivity index (χ2v) is 10.6. The third-order valence-corrected chi connectivity index (χ3v) is 6.06. The van der Waals surface area contributed by atoms with Crippen molar-refractivity contribution in [3.63, 3.8) is 0 Å².